The second-order valence-electron chi connectivity index (χ2n) is 4.70. The van der Waals surface area contributed by atoms with Crippen LogP contribution in [-0.4, -0.2) is 24.2 Å². The third kappa shape index (κ3) is 3.91. The zero-order valence-corrected chi connectivity index (χ0v) is 11.3. The van der Waals surface area contributed by atoms with Crippen LogP contribution in [0.4, 0.5) is 26.3 Å². The number of carbonyl (C=O) groups excluding carboxylic acids is 1. The van der Waals surface area contributed by atoms with E-state index in [0.717, 1.165) is 30.5 Å². The van der Waals surface area contributed by atoms with Crippen LogP contribution in [0.1, 0.15) is 17.0 Å². The van der Waals surface area contributed by atoms with Crippen molar-refractivity contribution in [3.8, 4) is 0 Å². The molecule has 0 fully saturated rings. The van der Waals surface area contributed by atoms with Gasteiger partial charge in [-0.05, 0) is 29.8 Å². The number of aromatic nitrogens is 1. The number of rotatable bonds is 4. The number of carbonyl (C=O) groups is 1. The zero-order valence-electron chi connectivity index (χ0n) is 11.3. The number of pyridine rings is 1. The topological polar surface area (TPSA) is 39.2 Å². The predicted molar refractivity (Wildman–Crippen MR) is 67.6 cm³/mol. The number of alkyl halides is 6. The summed E-state index contributed by atoms with van der Waals surface area (Å²) in [4.78, 5) is 13.8. The molecule has 2 rings (SSSR count). The van der Waals surface area contributed by atoms with Crippen LogP contribution in [0.25, 0.3) is 10.9 Å². The van der Waals surface area contributed by atoms with E-state index in [1.165, 1.54) is 0 Å². The fourth-order valence-corrected chi connectivity index (χ4v) is 2.03. The molecule has 0 saturated heterocycles. The number of benzene rings is 1. The van der Waals surface area contributed by atoms with Crippen molar-refractivity contribution in [2.24, 2.45) is 0 Å². The van der Waals surface area contributed by atoms with Crippen LogP contribution in [0, 0.1) is 0 Å². The van der Waals surface area contributed by atoms with Gasteiger partial charge < -0.3 is 4.74 Å². The Kier molecular flexibility index (Phi) is 4.49. The Balaban J connectivity index is 2.49. The van der Waals surface area contributed by atoms with Crippen LogP contribution in [0.5, 0.6) is 0 Å². The molecule has 0 saturated carbocycles. The van der Waals surface area contributed by atoms with Gasteiger partial charge in [-0.3, -0.25) is 9.78 Å². The van der Waals surface area contributed by atoms with Crippen LogP contribution < -0.4 is 0 Å². The van der Waals surface area contributed by atoms with E-state index in [2.05, 4.69) is 9.72 Å². The fourth-order valence-electron chi connectivity index (χ4n) is 2.03. The molecule has 1 heterocycles. The van der Waals surface area contributed by atoms with E-state index in [-0.39, 0.29) is 22.9 Å². The van der Waals surface area contributed by atoms with Crippen LogP contribution in [0.2, 0.25) is 0 Å². The molecule has 1 aromatic heterocycles. The van der Waals surface area contributed by atoms with Crippen molar-refractivity contribution in [1.82, 2.24) is 4.98 Å². The van der Waals surface area contributed by atoms with Crippen LogP contribution >= 0.6 is 0 Å². The molecular formula is C14H9F6NO2. The smallest absolute Gasteiger partial charge is 0.416 e. The Morgan fingerprint density at radius 2 is 1.83 bits per heavy atom. The first-order valence-corrected chi connectivity index (χ1v) is 6.22. The highest BCUT2D eigenvalue weighted by molar-refractivity contribution is 5.80. The minimum atomic E-state index is -4.74. The predicted octanol–water partition coefficient (Wildman–Crippen LogP) is 4.07. The Hall–Kier alpha value is -2.32. The normalized spacial score (nSPS) is 13.8. The first-order valence-electron chi connectivity index (χ1n) is 6.22. The maximum absolute atomic E-state index is 13.0. The molecule has 9 heteroatoms. The summed E-state index contributed by atoms with van der Waals surface area (Å²) in [5.74, 6) is -2.17. The van der Waals surface area contributed by atoms with Gasteiger partial charge in [0.25, 0.3) is 6.47 Å². The summed E-state index contributed by atoms with van der Waals surface area (Å²) in [6.07, 6.45) is -8.45. The van der Waals surface area contributed by atoms with Crippen molar-refractivity contribution in [1.29, 1.82) is 0 Å². The van der Waals surface area contributed by atoms with Crippen molar-refractivity contribution in [3.05, 3.63) is 41.6 Å². The fraction of sp³-hybridized carbons (Fsp3) is 0.286. The van der Waals surface area contributed by atoms with E-state index in [4.69, 9.17) is 0 Å². The van der Waals surface area contributed by atoms with Gasteiger partial charge in [-0.1, -0.05) is 0 Å². The quantitative estimate of drug-likeness (QED) is 0.624. The summed E-state index contributed by atoms with van der Waals surface area (Å²) < 4.78 is 81.2. The highest BCUT2D eigenvalue weighted by Crippen LogP contribution is 2.36. The molecule has 0 amide bonds. The maximum atomic E-state index is 13.0. The standard InChI is InChI=1S/C14H9F6NO2/c15-13(16,17)10-1-2-12-8(4-10)3-9(5-21-12)11(6-23-7-22)14(18,19)20/h1-5,7,11H,6H2. The molecule has 0 aliphatic carbocycles. The number of hydrogen-bond acceptors (Lipinski definition) is 3. The van der Waals surface area contributed by atoms with Crippen molar-refractivity contribution in [3.63, 3.8) is 0 Å². The summed E-state index contributed by atoms with van der Waals surface area (Å²) >= 11 is 0. The second-order valence-corrected chi connectivity index (χ2v) is 4.70. The lowest BCUT2D eigenvalue weighted by atomic mass is 9.99. The average molecular weight is 337 g/mol. The molecule has 23 heavy (non-hydrogen) atoms. The molecule has 0 spiro atoms. The van der Waals surface area contributed by atoms with E-state index in [1.54, 1.807) is 0 Å². The van der Waals surface area contributed by atoms with E-state index in [9.17, 15) is 31.1 Å². The van der Waals surface area contributed by atoms with Crippen molar-refractivity contribution in [2.75, 3.05) is 6.61 Å². The van der Waals surface area contributed by atoms with Gasteiger partial charge in [0.15, 0.2) is 0 Å². The molecule has 124 valence electrons. The lowest BCUT2D eigenvalue weighted by Crippen LogP contribution is -2.25. The summed E-state index contributed by atoms with van der Waals surface area (Å²) in [6.45, 7) is -1.10. The molecule has 0 aliphatic rings. The third-order valence-electron chi connectivity index (χ3n) is 3.16. The molecule has 0 radical (unpaired) electrons. The second kappa shape index (κ2) is 6.05. The van der Waals surface area contributed by atoms with Gasteiger partial charge in [0.2, 0.25) is 0 Å². The van der Waals surface area contributed by atoms with Crippen LogP contribution in [-0.2, 0) is 15.7 Å². The zero-order chi connectivity index (χ0) is 17.3. The number of fused-ring (bicyclic) bond motifs is 1. The summed E-state index contributed by atoms with van der Waals surface area (Å²) in [6, 6.07) is 3.56. The van der Waals surface area contributed by atoms with Gasteiger partial charge in [0, 0.05) is 11.6 Å². The van der Waals surface area contributed by atoms with E-state index >= 15 is 0 Å². The monoisotopic (exact) mass is 337 g/mol. The number of hydrogen-bond donors (Lipinski definition) is 0. The minimum absolute atomic E-state index is 0.0855. The van der Waals surface area contributed by atoms with Crippen molar-refractivity contribution in [2.45, 2.75) is 18.3 Å². The van der Waals surface area contributed by atoms with Crippen LogP contribution in [0.15, 0.2) is 30.5 Å². The largest absolute Gasteiger partial charge is 0.467 e. The molecule has 1 atom stereocenters. The highest BCUT2D eigenvalue weighted by Gasteiger charge is 2.41. The van der Waals surface area contributed by atoms with Crippen molar-refractivity contribution < 1.29 is 35.9 Å². The number of nitrogens with zero attached hydrogens (tertiary/aromatic N) is 1. The minimum Gasteiger partial charge on any atom is -0.467 e. The van der Waals surface area contributed by atoms with E-state index in [0.29, 0.717) is 0 Å². The van der Waals surface area contributed by atoms with Crippen molar-refractivity contribution >= 4 is 17.4 Å². The Bertz CT molecular complexity index is 710. The van der Waals surface area contributed by atoms with Gasteiger partial charge in [-0.15, -0.1) is 0 Å². The number of ether oxygens (including phenoxy) is 1. The van der Waals surface area contributed by atoms with Gasteiger partial charge in [0.05, 0.1) is 11.1 Å². The number of halogens is 6. The van der Waals surface area contributed by atoms with Gasteiger partial charge in [-0.25, -0.2) is 0 Å². The lowest BCUT2D eigenvalue weighted by molar-refractivity contribution is -0.164. The Morgan fingerprint density at radius 1 is 1.13 bits per heavy atom. The average Bonchev–Trinajstić information content (AvgIpc) is 2.44. The highest BCUT2D eigenvalue weighted by atomic mass is 19.4. The first kappa shape index (κ1) is 17.0. The summed E-state index contributed by atoms with van der Waals surface area (Å²) in [5.41, 5.74) is -1.25. The first-order chi connectivity index (χ1) is 10.6. The molecule has 2 aromatic rings. The lowest BCUT2D eigenvalue weighted by Gasteiger charge is -2.19. The SMILES string of the molecule is O=COCC(c1cnc2ccc(C(F)(F)F)cc2c1)C(F)(F)F. The molecular weight excluding hydrogens is 328 g/mol. The summed E-state index contributed by atoms with van der Waals surface area (Å²) in [5, 5.41) is -0.0855. The molecule has 0 bridgehead atoms. The van der Waals surface area contributed by atoms with Gasteiger partial charge >= 0.3 is 12.4 Å². The van der Waals surface area contributed by atoms with E-state index < -0.39 is 30.4 Å². The third-order valence-corrected chi connectivity index (χ3v) is 3.16. The van der Waals surface area contributed by atoms with Crippen LogP contribution in [0.3, 0.4) is 0 Å². The van der Waals surface area contributed by atoms with Gasteiger partial charge in [0.1, 0.15) is 12.5 Å². The van der Waals surface area contributed by atoms with E-state index in [1.807, 2.05) is 0 Å². The van der Waals surface area contributed by atoms with Gasteiger partial charge in [-0.2, -0.15) is 26.3 Å². The molecule has 3 nitrogen and oxygen atoms in total. The molecule has 0 N–H and O–H groups in total. The molecule has 0 aliphatic heterocycles. The molecule has 1 unspecified atom stereocenters. The Morgan fingerprint density at radius 3 is 2.39 bits per heavy atom. The Labute approximate surface area is 125 Å². The summed E-state index contributed by atoms with van der Waals surface area (Å²) in [7, 11) is 0. The maximum Gasteiger partial charge on any atom is 0.416 e. The molecule has 1 aromatic carbocycles.